The molecule has 1 fully saturated rings. The van der Waals surface area contributed by atoms with Crippen molar-refractivity contribution in [1.29, 1.82) is 0 Å². The predicted octanol–water partition coefficient (Wildman–Crippen LogP) is -0.487. The van der Waals surface area contributed by atoms with Gasteiger partial charge in [0.05, 0.1) is 29.5 Å². The van der Waals surface area contributed by atoms with Gasteiger partial charge in [-0.1, -0.05) is 24.3 Å². The average molecular weight is 681 g/mol. The highest BCUT2D eigenvalue weighted by Gasteiger charge is 2.57. The SMILES string of the molecule is C[n+]1cc(-c2ccc(CCC(ONC(C(=O)N[C@@H]3C(=O)N(OS(=O)(=O)[O-])C3(C)C)c3csc(N)n3)C(=O)O)cc2)cn1CCCN. The summed E-state index contributed by atoms with van der Waals surface area (Å²) in [7, 11) is -3.29. The second kappa shape index (κ2) is 14.2. The number of aromatic nitrogens is 3. The Morgan fingerprint density at radius 3 is 2.52 bits per heavy atom. The maximum absolute atomic E-state index is 13.3. The molecule has 1 saturated heterocycles. The molecule has 2 amide bonds. The number of nitrogens with zero attached hydrogens (tertiary/aromatic N) is 4. The van der Waals surface area contributed by atoms with E-state index in [4.69, 9.17) is 16.3 Å². The second-order valence-electron chi connectivity index (χ2n) is 11.1. The zero-order valence-corrected chi connectivity index (χ0v) is 26.9. The molecule has 250 valence electrons. The quantitative estimate of drug-likeness (QED) is 0.0422. The molecule has 0 aliphatic carbocycles. The molecule has 1 aliphatic rings. The number of carboxylic acid groups (broad SMARTS) is 1. The van der Waals surface area contributed by atoms with Crippen molar-refractivity contribution >= 4 is 44.7 Å². The van der Waals surface area contributed by atoms with E-state index >= 15 is 0 Å². The lowest BCUT2D eigenvalue weighted by Crippen LogP contribution is -2.77. The summed E-state index contributed by atoms with van der Waals surface area (Å²) in [5.74, 6) is -3.12. The topological polar surface area (TPSA) is 248 Å². The first-order valence-corrected chi connectivity index (χ1v) is 16.3. The molecule has 0 spiro atoms. The molecular weight excluding hydrogens is 644 g/mol. The summed E-state index contributed by atoms with van der Waals surface area (Å²) >= 11 is 1.02. The van der Waals surface area contributed by atoms with Gasteiger partial charge < -0.3 is 26.4 Å². The van der Waals surface area contributed by atoms with E-state index < -0.39 is 51.9 Å². The van der Waals surface area contributed by atoms with Crippen LogP contribution < -0.4 is 26.9 Å². The van der Waals surface area contributed by atoms with E-state index in [1.165, 1.54) is 19.2 Å². The van der Waals surface area contributed by atoms with Crippen LogP contribution in [0.25, 0.3) is 11.1 Å². The third-order valence-electron chi connectivity index (χ3n) is 7.42. The van der Waals surface area contributed by atoms with E-state index in [-0.39, 0.29) is 17.2 Å². The Balaban J connectivity index is 1.39. The molecule has 1 aliphatic heterocycles. The van der Waals surface area contributed by atoms with Crippen LogP contribution in [0, 0.1) is 0 Å². The van der Waals surface area contributed by atoms with E-state index in [2.05, 4.69) is 24.7 Å². The van der Waals surface area contributed by atoms with Gasteiger partial charge in [-0.3, -0.25) is 14.4 Å². The van der Waals surface area contributed by atoms with Gasteiger partial charge in [-0.2, -0.15) is 19.5 Å². The van der Waals surface area contributed by atoms with Gasteiger partial charge in [0.1, 0.15) is 6.04 Å². The molecular formula is C27H36N8O9S2. The smallest absolute Gasteiger partial charge is 0.334 e. The molecule has 0 bridgehead atoms. The number of carboxylic acids is 1. The van der Waals surface area contributed by atoms with Gasteiger partial charge in [-0.15, -0.1) is 16.0 Å². The molecule has 3 aromatic rings. The molecule has 7 N–H and O–H groups in total. The van der Waals surface area contributed by atoms with Gasteiger partial charge in [0.15, 0.2) is 24.3 Å². The van der Waals surface area contributed by atoms with Crippen molar-refractivity contribution in [2.24, 2.45) is 12.8 Å². The summed E-state index contributed by atoms with van der Waals surface area (Å²) < 4.78 is 41.2. The number of hydrogen-bond donors (Lipinski definition) is 5. The normalized spacial score (nSPS) is 17.4. The molecule has 46 heavy (non-hydrogen) atoms. The van der Waals surface area contributed by atoms with Crippen molar-refractivity contribution < 1.29 is 46.3 Å². The first-order valence-electron chi connectivity index (χ1n) is 14.1. The molecule has 19 heteroatoms. The Kier molecular flexibility index (Phi) is 10.8. The highest BCUT2D eigenvalue weighted by atomic mass is 32.3. The zero-order valence-electron chi connectivity index (χ0n) is 25.3. The van der Waals surface area contributed by atoms with Crippen LogP contribution in [0.5, 0.6) is 0 Å². The number of aryl methyl sites for hydroxylation is 3. The largest absolute Gasteiger partial charge is 0.724 e. The fourth-order valence-electron chi connectivity index (χ4n) is 4.85. The van der Waals surface area contributed by atoms with E-state index in [9.17, 15) is 32.5 Å². The minimum absolute atomic E-state index is 0.0454. The van der Waals surface area contributed by atoms with Crippen LogP contribution in [-0.2, 0) is 53.9 Å². The number of β-lactam (4-membered cyclic amide) rings is 1. The number of aliphatic carboxylic acids is 1. The molecule has 1 aromatic carbocycles. The first kappa shape index (κ1) is 34.9. The number of nitrogens with two attached hydrogens (primary N) is 2. The van der Waals surface area contributed by atoms with Crippen molar-refractivity contribution in [3.05, 3.63) is 53.3 Å². The van der Waals surface area contributed by atoms with E-state index in [1.54, 1.807) is 0 Å². The molecule has 0 radical (unpaired) electrons. The predicted molar refractivity (Wildman–Crippen MR) is 162 cm³/mol. The lowest BCUT2D eigenvalue weighted by molar-refractivity contribution is -0.753. The van der Waals surface area contributed by atoms with Crippen LogP contribution in [0.1, 0.15) is 44.0 Å². The van der Waals surface area contributed by atoms with Crippen molar-refractivity contribution in [1.82, 2.24) is 25.5 Å². The van der Waals surface area contributed by atoms with Gasteiger partial charge in [0, 0.05) is 5.38 Å². The summed E-state index contributed by atoms with van der Waals surface area (Å²) in [4.78, 5) is 47.4. The van der Waals surface area contributed by atoms with Gasteiger partial charge in [-0.05, 0) is 50.8 Å². The number of hydrogen-bond acceptors (Lipinski definition) is 13. The minimum atomic E-state index is -5.24. The zero-order chi connectivity index (χ0) is 33.8. The van der Waals surface area contributed by atoms with Gasteiger partial charge in [0.25, 0.3) is 5.91 Å². The summed E-state index contributed by atoms with van der Waals surface area (Å²) in [6, 6.07) is 5.00. The van der Waals surface area contributed by atoms with Crippen molar-refractivity contribution in [2.45, 2.75) is 63.4 Å². The molecule has 0 saturated carbocycles. The molecule has 2 unspecified atom stereocenters. The number of thiazole rings is 1. The van der Waals surface area contributed by atoms with E-state index in [0.29, 0.717) is 18.0 Å². The summed E-state index contributed by atoms with van der Waals surface area (Å²) in [5, 5.41) is 14.2. The Morgan fingerprint density at radius 2 is 1.96 bits per heavy atom. The molecule has 2 aromatic heterocycles. The number of rotatable bonds is 16. The third-order valence-corrected chi connectivity index (χ3v) is 8.45. The van der Waals surface area contributed by atoms with Crippen LogP contribution in [0.3, 0.4) is 0 Å². The van der Waals surface area contributed by atoms with Gasteiger partial charge >= 0.3 is 5.97 Å². The van der Waals surface area contributed by atoms with Crippen LogP contribution in [-0.4, -0.2) is 74.8 Å². The number of nitrogens with one attached hydrogen (secondary N) is 2. The summed E-state index contributed by atoms with van der Waals surface area (Å²) in [6.45, 7) is 4.14. The lowest BCUT2D eigenvalue weighted by atomic mass is 9.84. The van der Waals surface area contributed by atoms with Crippen LogP contribution >= 0.6 is 11.3 Å². The fourth-order valence-corrected chi connectivity index (χ4v) is 5.89. The first-order chi connectivity index (χ1) is 21.6. The number of carbonyl (C=O) groups excluding carboxylic acids is 2. The van der Waals surface area contributed by atoms with E-state index in [0.717, 1.165) is 41.0 Å². The van der Waals surface area contributed by atoms with Crippen molar-refractivity contribution in [3.8, 4) is 11.1 Å². The van der Waals surface area contributed by atoms with Crippen LogP contribution in [0.4, 0.5) is 5.13 Å². The molecule has 17 nitrogen and oxygen atoms in total. The van der Waals surface area contributed by atoms with Gasteiger partial charge in [0.2, 0.25) is 22.5 Å². The number of nitrogen functional groups attached to an aromatic ring is 1. The summed E-state index contributed by atoms with van der Waals surface area (Å²) in [6.07, 6.45) is 3.91. The minimum Gasteiger partial charge on any atom is -0.724 e. The van der Waals surface area contributed by atoms with Crippen molar-refractivity contribution in [3.63, 3.8) is 0 Å². The molecule has 3 atom stereocenters. The summed E-state index contributed by atoms with van der Waals surface area (Å²) in [5.41, 5.74) is 15.4. The maximum Gasteiger partial charge on any atom is 0.334 e. The highest BCUT2D eigenvalue weighted by molar-refractivity contribution is 7.80. The maximum atomic E-state index is 13.3. The third kappa shape index (κ3) is 8.23. The van der Waals surface area contributed by atoms with Crippen LogP contribution in [0.15, 0.2) is 42.0 Å². The monoisotopic (exact) mass is 680 g/mol. The Labute approximate surface area is 268 Å². The Morgan fingerprint density at radius 1 is 1.26 bits per heavy atom. The average Bonchev–Trinajstić information content (AvgIpc) is 3.59. The number of amides is 2. The number of carbonyl (C=O) groups is 3. The number of anilines is 1. The fraction of sp³-hybridized carbons (Fsp3) is 0.444. The Hall–Kier alpha value is -3.98. The lowest BCUT2D eigenvalue weighted by Gasteiger charge is -2.51. The second-order valence-corrected chi connectivity index (χ2v) is 13.0. The Bertz CT molecular complexity index is 1670. The molecule has 3 heterocycles. The standard InChI is InChI=1S/C27H36N8O9S2/c1-27(2)22(24(37)35(27)44-46(40,41)42)31-23(36)21(19-15-45-26(29)30-19)32-43-20(25(38)39)10-7-16-5-8-17(9-6-16)18-13-33(3)34(14-18)12-4-11-28/h5-6,8-9,13-15,20-22,32H,4,7,10-12,28H2,1-3H3,(H4-,29,30,31,36,38,39,40,41,42)/t20?,21?,22-/m1/s1. The van der Waals surface area contributed by atoms with E-state index in [1.807, 2.05) is 48.4 Å². The molecule has 4 rings (SSSR count). The van der Waals surface area contributed by atoms with Crippen LogP contribution in [0.2, 0.25) is 0 Å². The highest BCUT2D eigenvalue weighted by Crippen LogP contribution is 2.33. The van der Waals surface area contributed by atoms with Gasteiger partial charge in [-0.25, -0.2) is 18.2 Å². The number of hydroxylamine groups is 3. The van der Waals surface area contributed by atoms with Crippen molar-refractivity contribution in [2.75, 3.05) is 12.3 Å². The number of benzene rings is 1.